The summed E-state index contributed by atoms with van der Waals surface area (Å²) in [6, 6.07) is 7.65. The molecule has 1 aliphatic heterocycles. The van der Waals surface area contributed by atoms with Crippen LogP contribution in [0.2, 0.25) is 5.02 Å². The normalized spacial score (nSPS) is 16.3. The van der Waals surface area contributed by atoms with Crippen LogP contribution in [-0.4, -0.2) is 47.0 Å². The first kappa shape index (κ1) is 27.3. The summed E-state index contributed by atoms with van der Waals surface area (Å²) in [5.74, 6) is -0.619. The number of carboxylic acids is 1. The van der Waals surface area contributed by atoms with Crippen LogP contribution in [0.1, 0.15) is 50.5 Å². The van der Waals surface area contributed by atoms with Crippen LogP contribution in [0.15, 0.2) is 35.8 Å². The molecule has 1 aromatic carbocycles. The molecule has 3 heterocycles. The molecule has 1 N–H and O–H groups in total. The number of carboxylic acid groups (broad SMARTS) is 1. The molecule has 3 aromatic rings. The summed E-state index contributed by atoms with van der Waals surface area (Å²) in [6.45, 7) is 0. The highest BCUT2D eigenvalue weighted by Crippen LogP contribution is 2.39. The molecule has 0 unspecified atom stereocenters. The van der Waals surface area contributed by atoms with E-state index in [0.717, 1.165) is 47.9 Å². The summed E-state index contributed by atoms with van der Waals surface area (Å²) in [7, 11) is 3.41. The number of amides is 2. The van der Waals surface area contributed by atoms with Gasteiger partial charge in [0.2, 0.25) is 11.8 Å². The van der Waals surface area contributed by atoms with E-state index in [9.17, 15) is 19.5 Å². The molecule has 39 heavy (non-hydrogen) atoms. The third-order valence-corrected chi connectivity index (χ3v) is 8.94. The minimum absolute atomic E-state index is 0.0532. The Morgan fingerprint density at radius 1 is 1.21 bits per heavy atom. The molecule has 1 aliphatic carbocycles. The molecule has 0 saturated heterocycles. The van der Waals surface area contributed by atoms with Gasteiger partial charge in [-0.05, 0) is 48.1 Å². The Morgan fingerprint density at radius 3 is 2.72 bits per heavy atom. The number of aliphatic carboxylic acids is 1. The highest BCUT2D eigenvalue weighted by molar-refractivity contribution is 7.14. The minimum atomic E-state index is -0.961. The molecule has 1 atom stereocenters. The molecular formula is C29H31ClN4O4S. The number of fused-ring (bicyclic) bond motifs is 1. The summed E-state index contributed by atoms with van der Waals surface area (Å²) in [6.07, 6.45) is 7.63. The maximum atomic E-state index is 13.4. The van der Waals surface area contributed by atoms with Gasteiger partial charge in [-0.3, -0.25) is 24.2 Å². The Labute approximate surface area is 236 Å². The van der Waals surface area contributed by atoms with Gasteiger partial charge in [-0.25, -0.2) is 9.97 Å². The van der Waals surface area contributed by atoms with Crippen LogP contribution >= 0.6 is 22.9 Å². The van der Waals surface area contributed by atoms with Crippen LogP contribution in [0.5, 0.6) is 0 Å². The molecule has 8 nitrogen and oxygen atoms in total. The van der Waals surface area contributed by atoms with Gasteiger partial charge in [-0.2, -0.15) is 0 Å². The summed E-state index contributed by atoms with van der Waals surface area (Å²) in [5.41, 5.74) is 4.26. The number of aromatic nitrogens is 2. The lowest BCUT2D eigenvalue weighted by atomic mass is 9.90. The number of hydrogen-bond donors (Lipinski definition) is 1. The van der Waals surface area contributed by atoms with Crippen molar-refractivity contribution in [1.82, 2.24) is 9.97 Å². The van der Waals surface area contributed by atoms with Crippen molar-refractivity contribution < 1.29 is 19.5 Å². The average Bonchev–Trinajstić information content (AvgIpc) is 3.62. The van der Waals surface area contributed by atoms with E-state index in [-0.39, 0.29) is 18.2 Å². The van der Waals surface area contributed by atoms with Crippen molar-refractivity contribution in [3.05, 3.63) is 46.4 Å². The standard InChI is InChI=1S/C29H31ClN4O4S/c1-33-25(35)10-7-18-12-20(15-31-27(18)33)22-9-8-21(30)14-23(22)24-16-39-29(32-24)34(2)28(38)19(13-26(36)37)11-17-5-3-4-6-17/h8-9,12,14-17,19H,3-7,10-11,13H2,1-2H3,(H,36,37)/t19-/m1/s1. The first-order valence-corrected chi connectivity index (χ1v) is 14.5. The van der Waals surface area contributed by atoms with Gasteiger partial charge in [0.05, 0.1) is 12.1 Å². The fraction of sp³-hybridized carbons (Fsp3) is 0.414. The van der Waals surface area contributed by atoms with Gasteiger partial charge in [0.25, 0.3) is 0 Å². The average molecular weight is 567 g/mol. The fourth-order valence-corrected chi connectivity index (χ4v) is 6.65. The highest BCUT2D eigenvalue weighted by Gasteiger charge is 2.31. The molecule has 204 valence electrons. The maximum absolute atomic E-state index is 13.4. The predicted octanol–water partition coefficient (Wildman–Crippen LogP) is 6.07. The fourth-order valence-electron chi connectivity index (χ4n) is 5.68. The lowest BCUT2D eigenvalue weighted by Crippen LogP contribution is -2.35. The second-order valence-electron chi connectivity index (χ2n) is 10.4. The zero-order valence-corrected chi connectivity index (χ0v) is 23.6. The largest absolute Gasteiger partial charge is 0.481 e. The van der Waals surface area contributed by atoms with Gasteiger partial charge in [-0.1, -0.05) is 43.4 Å². The Bertz CT molecular complexity index is 1420. The zero-order chi connectivity index (χ0) is 27.7. The molecule has 2 aliphatic rings. The van der Waals surface area contributed by atoms with Crippen LogP contribution < -0.4 is 9.80 Å². The third kappa shape index (κ3) is 5.84. The number of benzene rings is 1. The minimum Gasteiger partial charge on any atom is -0.481 e. The Morgan fingerprint density at radius 2 is 1.97 bits per heavy atom. The van der Waals surface area contributed by atoms with E-state index in [4.69, 9.17) is 16.6 Å². The number of nitrogens with zero attached hydrogens (tertiary/aromatic N) is 4. The Kier molecular flexibility index (Phi) is 8.00. The van der Waals surface area contributed by atoms with Crippen molar-refractivity contribution in [2.24, 2.45) is 11.8 Å². The molecule has 5 rings (SSSR count). The Balaban J connectivity index is 1.43. The van der Waals surface area contributed by atoms with Crippen molar-refractivity contribution in [2.75, 3.05) is 23.9 Å². The molecule has 0 spiro atoms. The van der Waals surface area contributed by atoms with E-state index in [2.05, 4.69) is 11.1 Å². The monoisotopic (exact) mass is 566 g/mol. The summed E-state index contributed by atoms with van der Waals surface area (Å²) in [4.78, 5) is 49.5. The first-order chi connectivity index (χ1) is 18.7. The van der Waals surface area contributed by atoms with Gasteiger partial charge in [-0.15, -0.1) is 11.3 Å². The van der Waals surface area contributed by atoms with E-state index in [1.807, 2.05) is 23.6 Å². The number of carbonyl (C=O) groups is 3. The van der Waals surface area contributed by atoms with Crippen molar-refractivity contribution in [3.63, 3.8) is 0 Å². The van der Waals surface area contributed by atoms with E-state index in [0.29, 0.717) is 46.8 Å². The van der Waals surface area contributed by atoms with Gasteiger partial charge >= 0.3 is 5.97 Å². The summed E-state index contributed by atoms with van der Waals surface area (Å²) in [5, 5.41) is 12.4. The third-order valence-electron chi connectivity index (χ3n) is 7.78. The van der Waals surface area contributed by atoms with Crippen molar-refractivity contribution in [1.29, 1.82) is 0 Å². The number of carbonyl (C=O) groups excluding carboxylic acids is 2. The predicted molar refractivity (Wildman–Crippen MR) is 153 cm³/mol. The molecule has 2 amide bonds. The van der Waals surface area contributed by atoms with Gasteiger partial charge in [0.1, 0.15) is 5.82 Å². The molecule has 1 fully saturated rings. The van der Waals surface area contributed by atoms with Crippen molar-refractivity contribution in [3.8, 4) is 22.4 Å². The van der Waals surface area contributed by atoms with Gasteiger partial charge in [0.15, 0.2) is 5.13 Å². The number of thiazole rings is 1. The zero-order valence-electron chi connectivity index (χ0n) is 22.0. The highest BCUT2D eigenvalue weighted by atomic mass is 35.5. The number of anilines is 2. The van der Waals surface area contributed by atoms with Crippen LogP contribution in [0.25, 0.3) is 22.4 Å². The molecule has 2 aromatic heterocycles. The van der Waals surface area contributed by atoms with E-state index in [1.165, 1.54) is 16.2 Å². The van der Waals surface area contributed by atoms with Crippen molar-refractivity contribution >= 4 is 51.7 Å². The SMILES string of the molecule is CN(C(=O)[C@@H](CC(=O)O)CC1CCCC1)c1nc(-c2cc(Cl)ccc2-c2cnc3c(c2)CCC(=O)N3C)cs1. The van der Waals surface area contributed by atoms with E-state index in [1.54, 1.807) is 25.2 Å². The second kappa shape index (κ2) is 11.4. The van der Waals surface area contributed by atoms with Gasteiger partial charge < -0.3 is 5.11 Å². The van der Waals surface area contributed by atoms with Crippen LogP contribution in [0.4, 0.5) is 10.9 Å². The molecule has 0 bridgehead atoms. The van der Waals surface area contributed by atoms with Crippen LogP contribution in [0, 0.1) is 11.8 Å². The maximum Gasteiger partial charge on any atom is 0.304 e. The number of aryl methyl sites for hydroxylation is 1. The molecule has 1 saturated carbocycles. The summed E-state index contributed by atoms with van der Waals surface area (Å²) >= 11 is 7.73. The summed E-state index contributed by atoms with van der Waals surface area (Å²) < 4.78 is 0. The number of halogens is 1. The second-order valence-corrected chi connectivity index (χ2v) is 11.7. The number of hydrogen-bond acceptors (Lipinski definition) is 6. The molecule has 10 heteroatoms. The quantitative estimate of drug-likeness (QED) is 0.355. The van der Waals surface area contributed by atoms with Gasteiger partial charge in [0, 0.05) is 54.2 Å². The first-order valence-electron chi connectivity index (χ1n) is 13.2. The lowest BCUT2D eigenvalue weighted by molar-refractivity contribution is -0.140. The van der Waals surface area contributed by atoms with Crippen molar-refractivity contribution in [2.45, 2.75) is 51.4 Å². The number of pyridine rings is 1. The topological polar surface area (TPSA) is 104 Å². The van der Waals surface area contributed by atoms with E-state index < -0.39 is 11.9 Å². The number of rotatable bonds is 8. The smallest absolute Gasteiger partial charge is 0.304 e. The van der Waals surface area contributed by atoms with E-state index >= 15 is 0 Å². The Hall–Kier alpha value is -3.30. The lowest BCUT2D eigenvalue weighted by Gasteiger charge is -2.25. The van der Waals surface area contributed by atoms with Crippen LogP contribution in [0.3, 0.4) is 0 Å². The molecule has 0 radical (unpaired) electrons. The van der Waals surface area contributed by atoms with Crippen LogP contribution in [-0.2, 0) is 20.8 Å². The molecular weight excluding hydrogens is 536 g/mol.